The van der Waals surface area contributed by atoms with Gasteiger partial charge in [0.2, 0.25) is 0 Å². The first-order valence-electron chi connectivity index (χ1n) is 7.72. The van der Waals surface area contributed by atoms with Gasteiger partial charge in [-0.25, -0.2) is 4.79 Å². The van der Waals surface area contributed by atoms with Gasteiger partial charge in [0.25, 0.3) is 0 Å². The molecule has 1 aromatic carbocycles. The minimum Gasteiger partial charge on any atom is -0.335 e. The van der Waals surface area contributed by atoms with Crippen molar-refractivity contribution in [1.82, 2.24) is 9.62 Å². The third-order valence-corrected chi connectivity index (χ3v) is 4.86. The molecule has 1 aliphatic rings. The van der Waals surface area contributed by atoms with Crippen molar-refractivity contribution < 1.29 is 31.1 Å². The largest absolute Gasteiger partial charge is 0.416 e. The van der Waals surface area contributed by atoms with Gasteiger partial charge in [-0.3, -0.25) is 4.31 Å². The molecule has 0 spiro atoms. The lowest BCUT2D eigenvalue weighted by Gasteiger charge is -2.31. The molecule has 0 unspecified atom stereocenters. The number of benzene rings is 1. The van der Waals surface area contributed by atoms with E-state index in [2.05, 4.69) is 10.6 Å². The van der Waals surface area contributed by atoms with E-state index in [0.29, 0.717) is 25.9 Å². The van der Waals surface area contributed by atoms with Gasteiger partial charge < -0.3 is 10.6 Å². The Hall–Kier alpha value is -1.62. The fourth-order valence-corrected chi connectivity index (χ4v) is 3.19. The van der Waals surface area contributed by atoms with Crippen molar-refractivity contribution in [2.45, 2.75) is 31.2 Å². The summed E-state index contributed by atoms with van der Waals surface area (Å²) in [5.41, 5.74) is -0.596. The number of hydrogen-bond donors (Lipinski definition) is 2. The van der Waals surface area contributed by atoms with Gasteiger partial charge in [-0.2, -0.15) is 26.3 Å². The average Bonchev–Trinajstić information content (AvgIpc) is 2.53. The smallest absolute Gasteiger partial charge is 0.335 e. The number of carbonyl (C=O) groups excluding carboxylic acids is 1. The van der Waals surface area contributed by atoms with Crippen LogP contribution in [0.15, 0.2) is 24.3 Å². The fourth-order valence-electron chi connectivity index (χ4n) is 2.39. The van der Waals surface area contributed by atoms with Gasteiger partial charge in [0.05, 0.1) is 5.56 Å². The van der Waals surface area contributed by atoms with Crippen molar-refractivity contribution in [3.05, 3.63) is 29.8 Å². The zero-order valence-electron chi connectivity index (χ0n) is 13.5. The molecule has 0 aliphatic carbocycles. The molecule has 1 aliphatic heterocycles. The Kier molecular flexibility index (Phi) is 6.67. The first-order chi connectivity index (χ1) is 12.0. The maximum absolute atomic E-state index is 12.5. The maximum atomic E-state index is 12.5. The van der Waals surface area contributed by atoms with Crippen LogP contribution in [0.2, 0.25) is 0 Å². The first kappa shape index (κ1) is 20.7. The molecule has 2 amide bonds. The van der Waals surface area contributed by atoms with Crippen molar-refractivity contribution in [3.8, 4) is 0 Å². The standard InChI is InChI=1S/C15H17F6N3OS/c16-14(17,18)9-26-24-7-5-12(6-8-24)23-13(25)22-11-3-1-10(2-4-11)15(19,20)21/h1-4,12H,5-9H2,(H2,22,23,25). The van der Waals surface area contributed by atoms with Gasteiger partial charge in [0.15, 0.2) is 0 Å². The van der Waals surface area contributed by atoms with Gasteiger partial charge in [0.1, 0.15) is 5.75 Å². The van der Waals surface area contributed by atoms with Crippen LogP contribution in [0, 0.1) is 0 Å². The summed E-state index contributed by atoms with van der Waals surface area (Å²) in [6, 6.07) is 3.27. The number of amides is 2. The number of hydrogen-bond acceptors (Lipinski definition) is 3. The Morgan fingerprint density at radius 1 is 1.08 bits per heavy atom. The summed E-state index contributed by atoms with van der Waals surface area (Å²) in [7, 11) is 0. The summed E-state index contributed by atoms with van der Waals surface area (Å²) >= 11 is 0.719. The van der Waals surface area contributed by atoms with E-state index in [-0.39, 0.29) is 11.7 Å². The number of nitrogens with one attached hydrogen (secondary N) is 2. The fraction of sp³-hybridized carbons (Fsp3) is 0.533. The highest BCUT2D eigenvalue weighted by atomic mass is 32.2. The highest BCUT2D eigenvalue weighted by molar-refractivity contribution is 7.97. The number of piperidine rings is 1. The summed E-state index contributed by atoms with van der Waals surface area (Å²) in [4.78, 5) is 11.9. The van der Waals surface area contributed by atoms with E-state index in [1.54, 1.807) is 4.31 Å². The molecule has 11 heteroatoms. The highest BCUT2D eigenvalue weighted by Gasteiger charge is 2.31. The van der Waals surface area contributed by atoms with Crippen LogP contribution >= 0.6 is 11.9 Å². The van der Waals surface area contributed by atoms with Crippen molar-refractivity contribution in [3.63, 3.8) is 0 Å². The average molecular weight is 401 g/mol. The summed E-state index contributed by atoms with van der Waals surface area (Å²) in [5.74, 6) is -0.945. The van der Waals surface area contributed by atoms with Crippen LogP contribution in [0.25, 0.3) is 0 Å². The second-order valence-corrected chi connectivity index (χ2v) is 6.83. The molecule has 1 aromatic rings. The van der Waals surface area contributed by atoms with Gasteiger partial charge in [-0.15, -0.1) is 0 Å². The zero-order chi connectivity index (χ0) is 19.4. The summed E-state index contributed by atoms with van der Waals surface area (Å²) < 4.78 is 75.6. The number of rotatable bonds is 4. The van der Waals surface area contributed by atoms with E-state index in [1.165, 1.54) is 0 Å². The van der Waals surface area contributed by atoms with Crippen molar-refractivity contribution in [1.29, 1.82) is 0 Å². The Morgan fingerprint density at radius 2 is 1.65 bits per heavy atom. The quantitative estimate of drug-likeness (QED) is 0.577. The van der Waals surface area contributed by atoms with Crippen LogP contribution in [-0.2, 0) is 6.18 Å². The molecule has 1 fully saturated rings. The number of halogens is 6. The molecule has 4 nitrogen and oxygen atoms in total. The normalized spacial score (nSPS) is 17.2. The predicted molar refractivity (Wildman–Crippen MR) is 86.7 cm³/mol. The minimum absolute atomic E-state index is 0.202. The Morgan fingerprint density at radius 3 is 2.15 bits per heavy atom. The van der Waals surface area contributed by atoms with Crippen LogP contribution in [0.5, 0.6) is 0 Å². The summed E-state index contributed by atoms with van der Waals surface area (Å²) in [6.45, 7) is 0.817. The third kappa shape index (κ3) is 6.94. The van der Waals surface area contributed by atoms with Gasteiger partial charge >= 0.3 is 18.4 Å². The Labute approximate surface area is 150 Å². The maximum Gasteiger partial charge on any atom is 0.416 e. The molecule has 0 aromatic heterocycles. The molecule has 146 valence electrons. The van der Waals surface area contributed by atoms with Crippen LogP contribution in [0.1, 0.15) is 18.4 Å². The van der Waals surface area contributed by atoms with Crippen LogP contribution in [0.3, 0.4) is 0 Å². The van der Waals surface area contributed by atoms with Crippen molar-refractivity contribution >= 4 is 23.7 Å². The predicted octanol–water partition coefficient (Wildman–Crippen LogP) is 4.50. The second kappa shape index (κ2) is 8.38. The van der Waals surface area contributed by atoms with E-state index in [0.717, 1.165) is 36.2 Å². The number of urea groups is 1. The lowest BCUT2D eigenvalue weighted by atomic mass is 10.1. The molecule has 1 saturated heterocycles. The van der Waals surface area contributed by atoms with E-state index in [1.807, 2.05) is 0 Å². The van der Waals surface area contributed by atoms with E-state index >= 15 is 0 Å². The SMILES string of the molecule is O=C(Nc1ccc(C(F)(F)F)cc1)NC1CCN(SCC(F)(F)F)CC1. The molecule has 0 saturated carbocycles. The molecule has 26 heavy (non-hydrogen) atoms. The van der Waals surface area contributed by atoms with E-state index in [9.17, 15) is 31.1 Å². The number of alkyl halides is 6. The lowest BCUT2D eigenvalue weighted by molar-refractivity contribution is -0.137. The van der Waals surface area contributed by atoms with Gasteiger partial charge in [0, 0.05) is 24.8 Å². The Bertz CT molecular complexity index is 597. The van der Waals surface area contributed by atoms with Crippen LogP contribution < -0.4 is 10.6 Å². The monoisotopic (exact) mass is 401 g/mol. The zero-order valence-corrected chi connectivity index (χ0v) is 14.3. The third-order valence-electron chi connectivity index (χ3n) is 3.67. The van der Waals surface area contributed by atoms with Gasteiger partial charge in [-0.05, 0) is 37.1 Å². The highest BCUT2D eigenvalue weighted by Crippen LogP contribution is 2.30. The van der Waals surface area contributed by atoms with Crippen molar-refractivity contribution in [2.24, 2.45) is 0 Å². The van der Waals surface area contributed by atoms with Crippen molar-refractivity contribution in [2.75, 3.05) is 24.2 Å². The number of carbonyl (C=O) groups is 1. The minimum atomic E-state index is -4.45. The summed E-state index contributed by atoms with van der Waals surface area (Å²) in [6.07, 6.45) is -7.68. The first-order valence-corrected chi connectivity index (χ1v) is 8.66. The molecular formula is C15H17F6N3OS. The number of anilines is 1. The lowest BCUT2D eigenvalue weighted by Crippen LogP contribution is -2.44. The molecular weight excluding hydrogens is 384 g/mol. The van der Waals surface area contributed by atoms with Gasteiger partial charge in [-0.1, -0.05) is 11.9 Å². The number of nitrogens with zero attached hydrogens (tertiary/aromatic N) is 1. The van der Waals surface area contributed by atoms with Crippen LogP contribution in [0.4, 0.5) is 36.8 Å². The molecule has 2 rings (SSSR count). The molecule has 0 bridgehead atoms. The van der Waals surface area contributed by atoms with E-state index in [4.69, 9.17) is 0 Å². The van der Waals surface area contributed by atoms with Crippen LogP contribution in [-0.4, -0.2) is 41.4 Å². The second-order valence-electron chi connectivity index (χ2n) is 5.77. The summed E-state index contributed by atoms with van der Waals surface area (Å²) in [5, 5.41) is 5.11. The molecule has 0 radical (unpaired) electrons. The topological polar surface area (TPSA) is 44.4 Å². The molecule has 1 heterocycles. The van der Waals surface area contributed by atoms with E-state index < -0.39 is 29.7 Å². The Balaban J connectivity index is 1.74. The molecule has 0 atom stereocenters. The molecule has 2 N–H and O–H groups in total.